The van der Waals surface area contributed by atoms with Gasteiger partial charge in [0.25, 0.3) is 0 Å². The molecule has 0 aliphatic carbocycles. The van der Waals surface area contributed by atoms with E-state index in [9.17, 15) is 9.59 Å². The van der Waals surface area contributed by atoms with Crippen LogP contribution in [0.2, 0.25) is 0 Å². The first-order chi connectivity index (χ1) is 11.2. The maximum Gasteiger partial charge on any atom is 0.331 e. The molecule has 0 N–H and O–H groups in total. The van der Waals surface area contributed by atoms with Crippen molar-refractivity contribution in [1.29, 1.82) is 0 Å². The number of carbonyl (C=O) groups is 2. The minimum absolute atomic E-state index is 0.336. The Balaban J connectivity index is 3.46. The van der Waals surface area contributed by atoms with Gasteiger partial charge in [0, 0.05) is 12.2 Å². The van der Waals surface area contributed by atoms with E-state index in [1.54, 1.807) is 6.08 Å². The number of allylic oxidation sites excluding steroid dienone is 1. The molecule has 23 heavy (non-hydrogen) atoms. The Morgan fingerprint density at radius 1 is 0.783 bits per heavy atom. The normalized spacial score (nSPS) is 10.7. The second-order valence-corrected chi connectivity index (χ2v) is 5.57. The Morgan fingerprint density at radius 2 is 1.26 bits per heavy atom. The predicted octanol–water partition coefficient (Wildman–Crippen LogP) is 4.74. The van der Waals surface area contributed by atoms with Gasteiger partial charge >= 0.3 is 11.9 Å². The van der Waals surface area contributed by atoms with E-state index in [1.807, 2.05) is 0 Å². The topological polar surface area (TPSA) is 52.6 Å². The van der Waals surface area contributed by atoms with Gasteiger partial charge in [-0.3, -0.25) is 0 Å². The van der Waals surface area contributed by atoms with E-state index >= 15 is 0 Å². The van der Waals surface area contributed by atoms with Gasteiger partial charge in [0.2, 0.25) is 0 Å². The van der Waals surface area contributed by atoms with Gasteiger partial charge < -0.3 is 9.47 Å². The van der Waals surface area contributed by atoms with Crippen molar-refractivity contribution in [2.75, 3.05) is 13.2 Å². The molecule has 0 aliphatic rings. The molecule has 0 bridgehead atoms. The van der Waals surface area contributed by atoms with Gasteiger partial charge in [0.05, 0.1) is 13.2 Å². The zero-order chi connectivity index (χ0) is 17.2. The number of rotatable bonds is 15. The standard InChI is InChI=1S/C19H32O4/c1-3-5-7-8-9-10-11-13-17-23-19(21)15-14-18(20)22-16-12-6-4-2/h4,14-15H,2-3,5-13,16-17H2,1H3/b15-14+. The smallest absolute Gasteiger partial charge is 0.331 e. The van der Waals surface area contributed by atoms with Crippen molar-refractivity contribution in [3.63, 3.8) is 0 Å². The van der Waals surface area contributed by atoms with E-state index in [2.05, 4.69) is 13.5 Å². The quantitative estimate of drug-likeness (QED) is 0.189. The Hall–Kier alpha value is -1.58. The molecule has 0 fully saturated rings. The second kappa shape index (κ2) is 16.8. The lowest BCUT2D eigenvalue weighted by Gasteiger charge is -2.03. The number of unbranched alkanes of at least 4 members (excludes halogenated alkanes) is 8. The number of hydrogen-bond acceptors (Lipinski definition) is 4. The van der Waals surface area contributed by atoms with Gasteiger partial charge in [0.15, 0.2) is 0 Å². The largest absolute Gasteiger partial charge is 0.463 e. The van der Waals surface area contributed by atoms with E-state index in [0.29, 0.717) is 13.2 Å². The van der Waals surface area contributed by atoms with Gasteiger partial charge in [-0.05, 0) is 19.3 Å². The number of ether oxygens (including phenoxy) is 2. The van der Waals surface area contributed by atoms with Crippen LogP contribution in [-0.2, 0) is 19.1 Å². The van der Waals surface area contributed by atoms with Crippen molar-refractivity contribution in [3.8, 4) is 0 Å². The highest BCUT2D eigenvalue weighted by Gasteiger charge is 2.01. The lowest BCUT2D eigenvalue weighted by atomic mass is 10.1. The molecule has 0 heterocycles. The molecule has 0 amide bonds. The zero-order valence-corrected chi connectivity index (χ0v) is 14.6. The summed E-state index contributed by atoms with van der Waals surface area (Å²) in [6.07, 6.45) is 15.2. The molecular formula is C19H32O4. The van der Waals surface area contributed by atoms with E-state index in [1.165, 1.54) is 38.5 Å². The number of hydrogen-bond donors (Lipinski definition) is 0. The molecule has 0 aliphatic heterocycles. The van der Waals surface area contributed by atoms with Gasteiger partial charge in [0.1, 0.15) is 0 Å². The molecular weight excluding hydrogens is 292 g/mol. The first-order valence-corrected chi connectivity index (χ1v) is 8.83. The van der Waals surface area contributed by atoms with Crippen LogP contribution in [0.15, 0.2) is 24.8 Å². The van der Waals surface area contributed by atoms with Crippen LogP contribution in [0.5, 0.6) is 0 Å². The van der Waals surface area contributed by atoms with Gasteiger partial charge in [-0.2, -0.15) is 0 Å². The van der Waals surface area contributed by atoms with Crippen molar-refractivity contribution in [2.24, 2.45) is 0 Å². The first kappa shape index (κ1) is 21.4. The third-order valence-electron chi connectivity index (χ3n) is 3.39. The van der Waals surface area contributed by atoms with Gasteiger partial charge in [-0.15, -0.1) is 6.58 Å². The van der Waals surface area contributed by atoms with Crippen molar-refractivity contribution >= 4 is 11.9 Å². The van der Waals surface area contributed by atoms with E-state index in [0.717, 1.165) is 37.8 Å². The summed E-state index contributed by atoms with van der Waals surface area (Å²) in [6, 6.07) is 0. The summed E-state index contributed by atoms with van der Waals surface area (Å²) in [5, 5.41) is 0. The average Bonchev–Trinajstić information content (AvgIpc) is 2.55. The Labute approximate surface area is 140 Å². The SMILES string of the molecule is C=CCCCOC(=O)/C=C/C(=O)OCCCCCCCCCC. The Bertz CT molecular complexity index is 347. The number of esters is 2. The molecule has 0 saturated carbocycles. The highest BCUT2D eigenvalue weighted by Crippen LogP contribution is 2.08. The predicted molar refractivity (Wildman–Crippen MR) is 93.1 cm³/mol. The van der Waals surface area contributed by atoms with Crippen LogP contribution in [-0.4, -0.2) is 25.2 Å². The van der Waals surface area contributed by atoms with E-state index in [4.69, 9.17) is 9.47 Å². The fraction of sp³-hybridized carbons (Fsp3) is 0.684. The minimum atomic E-state index is -0.516. The van der Waals surface area contributed by atoms with Crippen LogP contribution < -0.4 is 0 Å². The molecule has 4 nitrogen and oxygen atoms in total. The van der Waals surface area contributed by atoms with Gasteiger partial charge in [-0.25, -0.2) is 9.59 Å². The van der Waals surface area contributed by atoms with Gasteiger partial charge in [-0.1, -0.05) is 57.9 Å². The lowest BCUT2D eigenvalue weighted by Crippen LogP contribution is -2.06. The van der Waals surface area contributed by atoms with Crippen LogP contribution in [0.25, 0.3) is 0 Å². The molecule has 0 saturated heterocycles. The Kier molecular flexibility index (Phi) is 15.6. The number of carbonyl (C=O) groups excluding carboxylic acids is 2. The fourth-order valence-electron chi connectivity index (χ4n) is 2.04. The van der Waals surface area contributed by atoms with E-state index < -0.39 is 11.9 Å². The molecule has 0 radical (unpaired) electrons. The summed E-state index contributed by atoms with van der Waals surface area (Å²) in [5.74, 6) is -1.01. The highest BCUT2D eigenvalue weighted by atomic mass is 16.5. The maximum absolute atomic E-state index is 11.4. The summed E-state index contributed by atoms with van der Waals surface area (Å²) in [7, 11) is 0. The molecule has 0 atom stereocenters. The van der Waals surface area contributed by atoms with Crippen molar-refractivity contribution in [2.45, 2.75) is 71.1 Å². The van der Waals surface area contributed by atoms with Crippen molar-refractivity contribution in [3.05, 3.63) is 24.8 Å². The fourth-order valence-corrected chi connectivity index (χ4v) is 2.04. The third-order valence-corrected chi connectivity index (χ3v) is 3.39. The summed E-state index contributed by atoms with van der Waals surface area (Å²) < 4.78 is 9.94. The Morgan fingerprint density at radius 3 is 1.78 bits per heavy atom. The van der Waals surface area contributed by atoms with Crippen LogP contribution in [0.3, 0.4) is 0 Å². The molecule has 4 heteroatoms. The molecule has 132 valence electrons. The summed E-state index contributed by atoms with van der Waals surface area (Å²) >= 11 is 0. The van der Waals surface area contributed by atoms with Crippen LogP contribution in [0.4, 0.5) is 0 Å². The molecule has 0 aromatic heterocycles. The van der Waals surface area contributed by atoms with E-state index in [-0.39, 0.29) is 0 Å². The monoisotopic (exact) mass is 324 g/mol. The van der Waals surface area contributed by atoms with Crippen molar-refractivity contribution < 1.29 is 19.1 Å². The third kappa shape index (κ3) is 16.6. The maximum atomic E-state index is 11.4. The van der Waals surface area contributed by atoms with Crippen LogP contribution in [0, 0.1) is 0 Å². The molecule has 0 rings (SSSR count). The summed E-state index contributed by atoms with van der Waals surface area (Å²) in [5.41, 5.74) is 0. The minimum Gasteiger partial charge on any atom is -0.463 e. The first-order valence-electron chi connectivity index (χ1n) is 8.83. The summed E-state index contributed by atoms with van der Waals surface area (Å²) in [6.45, 7) is 6.54. The molecule has 0 spiro atoms. The van der Waals surface area contributed by atoms with Crippen LogP contribution in [0.1, 0.15) is 71.1 Å². The molecule has 0 aromatic rings. The summed E-state index contributed by atoms with van der Waals surface area (Å²) in [4.78, 5) is 22.7. The second-order valence-electron chi connectivity index (χ2n) is 5.57. The van der Waals surface area contributed by atoms with Crippen LogP contribution >= 0.6 is 0 Å². The molecule has 0 aromatic carbocycles. The average molecular weight is 324 g/mol. The molecule has 0 unspecified atom stereocenters. The lowest BCUT2D eigenvalue weighted by molar-refractivity contribution is -0.140. The zero-order valence-electron chi connectivity index (χ0n) is 14.6. The highest BCUT2D eigenvalue weighted by molar-refractivity contribution is 5.91. The van der Waals surface area contributed by atoms with Crippen molar-refractivity contribution in [1.82, 2.24) is 0 Å².